The zero-order chi connectivity index (χ0) is 18.8. The molecule has 1 N–H and O–H groups in total. The number of nitrogens with one attached hydrogen (secondary N) is 1. The van der Waals surface area contributed by atoms with Crippen molar-refractivity contribution < 1.29 is 4.79 Å². The molecule has 134 valence electrons. The van der Waals surface area contributed by atoms with Crippen molar-refractivity contribution in [3.05, 3.63) is 71.0 Å². The largest absolute Gasteiger partial charge is 0.323 e. The van der Waals surface area contributed by atoms with E-state index in [1.54, 1.807) is 22.7 Å². The Morgan fingerprint density at radius 3 is 2.56 bits per heavy atom. The lowest BCUT2D eigenvalue weighted by Gasteiger charge is -2.03. The first-order valence-corrected chi connectivity index (χ1v) is 9.32. The molecule has 0 spiro atoms. The molecule has 0 atom stereocenters. The Morgan fingerprint density at radius 1 is 1.11 bits per heavy atom. The molecule has 27 heavy (non-hydrogen) atoms. The maximum Gasteiger partial charge on any atom is 0.248 e. The summed E-state index contributed by atoms with van der Waals surface area (Å²) in [7, 11) is 0. The fourth-order valence-electron chi connectivity index (χ4n) is 2.46. The molecule has 0 saturated carbocycles. The van der Waals surface area contributed by atoms with Crippen LogP contribution in [-0.2, 0) is 4.79 Å². The Kier molecular flexibility index (Phi) is 4.70. The molecule has 0 saturated heterocycles. The second-order valence-electron chi connectivity index (χ2n) is 5.80. The highest BCUT2D eigenvalue weighted by Crippen LogP contribution is 2.26. The average Bonchev–Trinajstić information content (AvgIpc) is 3.24. The molecule has 0 aliphatic carbocycles. The predicted molar refractivity (Wildman–Crippen MR) is 108 cm³/mol. The molecular formula is C19H14ClN5OS. The fourth-order valence-corrected chi connectivity index (χ4v) is 3.47. The standard InChI is InChI=1S/C19H14ClN5OS/c1-12-22-23-19-25(12)24-18(27-19)14-5-9-16(10-6-14)21-17(26)11-4-13-2-7-15(20)8-3-13/h2-11H,1H3,(H,21,26). The topological polar surface area (TPSA) is 72.2 Å². The number of carbonyl (C=O) groups excluding carboxylic acids is 1. The maximum absolute atomic E-state index is 12.1. The average molecular weight is 396 g/mol. The number of anilines is 1. The van der Waals surface area contributed by atoms with Gasteiger partial charge in [-0.15, -0.1) is 10.2 Å². The van der Waals surface area contributed by atoms with Crippen molar-refractivity contribution in [2.45, 2.75) is 6.92 Å². The van der Waals surface area contributed by atoms with Gasteiger partial charge >= 0.3 is 0 Å². The smallest absolute Gasteiger partial charge is 0.248 e. The Morgan fingerprint density at radius 2 is 1.85 bits per heavy atom. The van der Waals surface area contributed by atoms with E-state index in [1.807, 2.05) is 43.3 Å². The third kappa shape index (κ3) is 3.89. The zero-order valence-electron chi connectivity index (χ0n) is 14.3. The summed E-state index contributed by atoms with van der Waals surface area (Å²) in [5, 5.41) is 16.9. The van der Waals surface area contributed by atoms with Gasteiger partial charge in [0.2, 0.25) is 10.9 Å². The third-order valence-electron chi connectivity index (χ3n) is 3.84. The van der Waals surface area contributed by atoms with Crippen LogP contribution >= 0.6 is 22.9 Å². The lowest BCUT2D eigenvalue weighted by atomic mass is 10.2. The van der Waals surface area contributed by atoms with Crippen LogP contribution in [0.3, 0.4) is 0 Å². The number of benzene rings is 2. The summed E-state index contributed by atoms with van der Waals surface area (Å²) in [4.78, 5) is 12.8. The van der Waals surface area contributed by atoms with E-state index in [1.165, 1.54) is 17.4 Å². The third-order valence-corrected chi connectivity index (χ3v) is 5.04. The molecule has 8 heteroatoms. The molecule has 2 aromatic carbocycles. The van der Waals surface area contributed by atoms with E-state index in [0.717, 1.165) is 26.9 Å². The molecule has 0 aliphatic heterocycles. The molecule has 0 aliphatic rings. The molecule has 4 aromatic rings. The van der Waals surface area contributed by atoms with Crippen molar-refractivity contribution in [2.75, 3.05) is 5.32 Å². The minimum absolute atomic E-state index is 0.202. The van der Waals surface area contributed by atoms with Crippen LogP contribution in [0.25, 0.3) is 21.6 Å². The second-order valence-corrected chi connectivity index (χ2v) is 7.19. The van der Waals surface area contributed by atoms with E-state index >= 15 is 0 Å². The number of amides is 1. The summed E-state index contributed by atoms with van der Waals surface area (Å²) < 4.78 is 1.72. The van der Waals surface area contributed by atoms with Crippen molar-refractivity contribution in [2.24, 2.45) is 0 Å². The number of nitrogens with zero attached hydrogens (tertiary/aromatic N) is 4. The monoisotopic (exact) mass is 395 g/mol. The van der Waals surface area contributed by atoms with Crippen LogP contribution in [0, 0.1) is 6.92 Å². The van der Waals surface area contributed by atoms with Crippen molar-refractivity contribution in [3.63, 3.8) is 0 Å². The van der Waals surface area contributed by atoms with Crippen LogP contribution in [0.1, 0.15) is 11.4 Å². The van der Waals surface area contributed by atoms with Gasteiger partial charge in [0.15, 0.2) is 5.82 Å². The molecule has 0 fully saturated rings. The molecular weight excluding hydrogens is 382 g/mol. The first-order chi connectivity index (χ1) is 13.1. The summed E-state index contributed by atoms with van der Waals surface area (Å²) in [5.41, 5.74) is 2.58. The summed E-state index contributed by atoms with van der Waals surface area (Å²) in [6, 6.07) is 14.8. The van der Waals surface area contributed by atoms with Crippen LogP contribution in [0.15, 0.2) is 54.6 Å². The summed E-state index contributed by atoms with van der Waals surface area (Å²) in [6.07, 6.45) is 3.23. The van der Waals surface area contributed by atoms with Gasteiger partial charge in [-0.25, -0.2) is 0 Å². The van der Waals surface area contributed by atoms with Crippen molar-refractivity contribution in [1.82, 2.24) is 19.8 Å². The van der Waals surface area contributed by atoms with Gasteiger partial charge in [-0.05, 0) is 55.0 Å². The van der Waals surface area contributed by atoms with E-state index in [2.05, 4.69) is 20.6 Å². The number of aryl methyl sites for hydroxylation is 1. The van der Waals surface area contributed by atoms with Crippen LogP contribution in [0.4, 0.5) is 5.69 Å². The SMILES string of the molecule is Cc1nnc2sc(-c3ccc(NC(=O)C=Cc4ccc(Cl)cc4)cc3)nn12. The van der Waals surface area contributed by atoms with Gasteiger partial charge in [0.05, 0.1) is 0 Å². The molecule has 0 bridgehead atoms. The van der Waals surface area contributed by atoms with E-state index in [-0.39, 0.29) is 5.91 Å². The quantitative estimate of drug-likeness (QED) is 0.517. The predicted octanol–water partition coefficient (Wildman–Crippen LogP) is 4.47. The number of hydrogen-bond acceptors (Lipinski definition) is 5. The normalized spacial score (nSPS) is 11.3. The van der Waals surface area contributed by atoms with Gasteiger partial charge in [-0.1, -0.05) is 35.1 Å². The van der Waals surface area contributed by atoms with Gasteiger partial charge in [0, 0.05) is 22.3 Å². The number of rotatable bonds is 4. The zero-order valence-corrected chi connectivity index (χ0v) is 15.8. The highest BCUT2D eigenvalue weighted by atomic mass is 35.5. The van der Waals surface area contributed by atoms with Gasteiger partial charge in [-0.2, -0.15) is 9.61 Å². The molecule has 2 heterocycles. The molecule has 6 nitrogen and oxygen atoms in total. The molecule has 1 amide bonds. The number of halogens is 1. The van der Waals surface area contributed by atoms with Gasteiger partial charge < -0.3 is 5.32 Å². The number of carbonyl (C=O) groups is 1. The Labute approximate surface area is 164 Å². The molecule has 4 rings (SSSR count). The van der Waals surface area contributed by atoms with Crippen LogP contribution in [0.2, 0.25) is 5.02 Å². The Bertz CT molecular complexity index is 1130. The van der Waals surface area contributed by atoms with Gasteiger partial charge in [0.1, 0.15) is 5.01 Å². The lowest BCUT2D eigenvalue weighted by molar-refractivity contribution is -0.111. The van der Waals surface area contributed by atoms with E-state index < -0.39 is 0 Å². The summed E-state index contributed by atoms with van der Waals surface area (Å²) in [5.74, 6) is 0.552. The minimum atomic E-state index is -0.202. The van der Waals surface area contributed by atoms with E-state index in [0.29, 0.717) is 10.7 Å². The van der Waals surface area contributed by atoms with Crippen LogP contribution in [0.5, 0.6) is 0 Å². The van der Waals surface area contributed by atoms with Crippen molar-refractivity contribution in [3.8, 4) is 10.6 Å². The molecule has 0 unspecified atom stereocenters. The van der Waals surface area contributed by atoms with Crippen LogP contribution in [-0.4, -0.2) is 25.7 Å². The maximum atomic E-state index is 12.1. The second kappa shape index (κ2) is 7.30. The first kappa shape index (κ1) is 17.4. The van der Waals surface area contributed by atoms with Crippen molar-refractivity contribution >= 4 is 45.6 Å². The lowest BCUT2D eigenvalue weighted by Crippen LogP contribution is -2.07. The Balaban J connectivity index is 1.44. The van der Waals surface area contributed by atoms with Gasteiger partial charge in [0.25, 0.3) is 0 Å². The highest BCUT2D eigenvalue weighted by Gasteiger charge is 2.10. The van der Waals surface area contributed by atoms with Crippen molar-refractivity contribution in [1.29, 1.82) is 0 Å². The van der Waals surface area contributed by atoms with E-state index in [4.69, 9.17) is 11.6 Å². The summed E-state index contributed by atoms with van der Waals surface area (Å²) in [6.45, 7) is 1.86. The molecule has 2 aromatic heterocycles. The summed E-state index contributed by atoms with van der Waals surface area (Å²) >= 11 is 7.32. The number of aromatic nitrogens is 4. The van der Waals surface area contributed by atoms with E-state index in [9.17, 15) is 4.79 Å². The molecule has 0 radical (unpaired) electrons. The van der Waals surface area contributed by atoms with Crippen LogP contribution < -0.4 is 5.32 Å². The minimum Gasteiger partial charge on any atom is -0.323 e. The highest BCUT2D eigenvalue weighted by molar-refractivity contribution is 7.19. The fraction of sp³-hybridized carbons (Fsp3) is 0.0526. The first-order valence-electron chi connectivity index (χ1n) is 8.12. The Hall–Kier alpha value is -3.03. The number of fused-ring (bicyclic) bond motifs is 1. The number of hydrogen-bond donors (Lipinski definition) is 1. The van der Waals surface area contributed by atoms with Gasteiger partial charge in [-0.3, -0.25) is 4.79 Å².